The largest absolute Gasteiger partial charge is 0.497 e. The van der Waals surface area contributed by atoms with Crippen molar-refractivity contribution in [3.8, 4) is 11.5 Å². The second-order valence-corrected chi connectivity index (χ2v) is 5.84. The van der Waals surface area contributed by atoms with Gasteiger partial charge in [0.25, 0.3) is 0 Å². The van der Waals surface area contributed by atoms with Crippen LogP contribution < -0.4 is 14.8 Å². The fraction of sp³-hybridized carbons (Fsp3) is 0.647. The molecule has 1 aromatic rings. The molecule has 2 rings (SSSR count). The molecule has 112 valence electrons. The van der Waals surface area contributed by atoms with Crippen LogP contribution in [0.1, 0.15) is 44.6 Å². The van der Waals surface area contributed by atoms with Crippen molar-refractivity contribution in [3.63, 3.8) is 0 Å². The van der Waals surface area contributed by atoms with E-state index in [4.69, 9.17) is 9.47 Å². The molecule has 0 aromatic heterocycles. The van der Waals surface area contributed by atoms with Crippen molar-refractivity contribution in [2.45, 2.75) is 45.6 Å². The highest BCUT2D eigenvalue weighted by Gasteiger charge is 2.31. The number of nitrogens with one attached hydrogen (secondary N) is 1. The van der Waals surface area contributed by atoms with Crippen LogP contribution in [0.15, 0.2) is 18.2 Å². The zero-order valence-electron chi connectivity index (χ0n) is 13.0. The van der Waals surface area contributed by atoms with Gasteiger partial charge in [0.15, 0.2) is 0 Å². The lowest BCUT2D eigenvalue weighted by atomic mass is 9.83. The van der Waals surface area contributed by atoms with Crippen molar-refractivity contribution < 1.29 is 9.47 Å². The van der Waals surface area contributed by atoms with E-state index in [2.05, 4.69) is 18.3 Å². The van der Waals surface area contributed by atoms with Crippen molar-refractivity contribution in [3.05, 3.63) is 23.8 Å². The minimum absolute atomic E-state index is 0.527. The van der Waals surface area contributed by atoms with Crippen molar-refractivity contribution in [2.75, 3.05) is 20.8 Å². The Morgan fingerprint density at radius 1 is 1.15 bits per heavy atom. The Labute approximate surface area is 122 Å². The van der Waals surface area contributed by atoms with E-state index in [1.165, 1.54) is 37.7 Å². The Morgan fingerprint density at radius 2 is 1.90 bits per heavy atom. The van der Waals surface area contributed by atoms with Gasteiger partial charge in [0, 0.05) is 24.7 Å². The van der Waals surface area contributed by atoms with Gasteiger partial charge in [-0.2, -0.15) is 0 Å². The smallest absolute Gasteiger partial charge is 0.127 e. The molecule has 1 N–H and O–H groups in total. The topological polar surface area (TPSA) is 30.5 Å². The predicted octanol–water partition coefficient (Wildman–Crippen LogP) is 3.76. The van der Waals surface area contributed by atoms with Crippen LogP contribution in [0.4, 0.5) is 0 Å². The van der Waals surface area contributed by atoms with E-state index < -0.39 is 0 Å². The molecule has 1 fully saturated rings. The maximum atomic E-state index is 5.44. The van der Waals surface area contributed by atoms with E-state index in [9.17, 15) is 0 Å². The van der Waals surface area contributed by atoms with Crippen LogP contribution in [-0.4, -0.2) is 20.8 Å². The summed E-state index contributed by atoms with van der Waals surface area (Å²) in [7, 11) is 3.39. The molecular weight excluding hydrogens is 250 g/mol. The Morgan fingerprint density at radius 3 is 2.50 bits per heavy atom. The molecule has 20 heavy (non-hydrogen) atoms. The summed E-state index contributed by atoms with van der Waals surface area (Å²) in [6, 6.07) is 6.02. The zero-order valence-corrected chi connectivity index (χ0v) is 13.0. The maximum Gasteiger partial charge on any atom is 0.127 e. The molecular formula is C17H27NO2. The third-order valence-electron chi connectivity index (χ3n) is 4.72. The maximum absolute atomic E-state index is 5.44. The summed E-state index contributed by atoms with van der Waals surface area (Å²) in [5.74, 6) is 1.74. The van der Waals surface area contributed by atoms with Gasteiger partial charge in [0.2, 0.25) is 0 Å². The summed E-state index contributed by atoms with van der Waals surface area (Å²) in [6.07, 6.45) is 6.80. The average molecular weight is 277 g/mol. The Hall–Kier alpha value is -1.22. The quantitative estimate of drug-likeness (QED) is 0.823. The molecule has 3 nitrogen and oxygen atoms in total. The van der Waals surface area contributed by atoms with E-state index in [1.54, 1.807) is 14.2 Å². The first kappa shape index (κ1) is 15.2. The van der Waals surface area contributed by atoms with Gasteiger partial charge >= 0.3 is 0 Å². The SMILES string of the molecule is CCC1(CNCc2ccc(OC)cc2OC)CCCC1. The first-order valence-corrected chi connectivity index (χ1v) is 7.64. The van der Waals surface area contributed by atoms with Gasteiger partial charge in [-0.25, -0.2) is 0 Å². The predicted molar refractivity (Wildman–Crippen MR) is 82.4 cm³/mol. The van der Waals surface area contributed by atoms with E-state index in [1.807, 2.05) is 12.1 Å². The Bertz CT molecular complexity index is 425. The first-order chi connectivity index (χ1) is 9.73. The second-order valence-electron chi connectivity index (χ2n) is 5.84. The minimum Gasteiger partial charge on any atom is -0.497 e. The zero-order chi connectivity index (χ0) is 14.4. The summed E-state index contributed by atoms with van der Waals surface area (Å²) in [5, 5.41) is 3.63. The summed E-state index contributed by atoms with van der Waals surface area (Å²) in [4.78, 5) is 0. The summed E-state index contributed by atoms with van der Waals surface area (Å²) < 4.78 is 10.7. The number of hydrogen-bond donors (Lipinski definition) is 1. The fourth-order valence-electron chi connectivity index (χ4n) is 3.24. The number of ether oxygens (including phenoxy) is 2. The van der Waals surface area contributed by atoms with Gasteiger partial charge in [0.1, 0.15) is 11.5 Å². The summed E-state index contributed by atoms with van der Waals surface area (Å²) in [5.41, 5.74) is 1.72. The Kier molecular flexibility index (Phi) is 5.30. The first-order valence-electron chi connectivity index (χ1n) is 7.64. The number of benzene rings is 1. The molecule has 0 heterocycles. The standard InChI is InChI=1S/C17H27NO2/c1-4-17(9-5-6-10-17)13-18-12-14-7-8-15(19-2)11-16(14)20-3/h7-8,11,18H,4-6,9-10,12-13H2,1-3H3. The summed E-state index contributed by atoms with van der Waals surface area (Å²) in [6.45, 7) is 4.29. The van der Waals surface area contributed by atoms with Crippen molar-refractivity contribution >= 4 is 0 Å². The molecule has 1 saturated carbocycles. The molecule has 0 spiro atoms. The van der Waals surface area contributed by atoms with Gasteiger partial charge in [-0.1, -0.05) is 25.8 Å². The van der Waals surface area contributed by atoms with Gasteiger partial charge < -0.3 is 14.8 Å². The van der Waals surface area contributed by atoms with E-state index >= 15 is 0 Å². The number of hydrogen-bond acceptors (Lipinski definition) is 3. The van der Waals surface area contributed by atoms with E-state index in [0.717, 1.165) is 24.6 Å². The van der Waals surface area contributed by atoms with Crippen LogP contribution >= 0.6 is 0 Å². The lowest BCUT2D eigenvalue weighted by Gasteiger charge is -2.28. The summed E-state index contributed by atoms with van der Waals surface area (Å²) >= 11 is 0. The van der Waals surface area contributed by atoms with E-state index in [-0.39, 0.29) is 0 Å². The molecule has 0 bridgehead atoms. The van der Waals surface area contributed by atoms with Crippen molar-refractivity contribution in [2.24, 2.45) is 5.41 Å². The van der Waals surface area contributed by atoms with Crippen LogP contribution in [0, 0.1) is 5.41 Å². The molecule has 0 amide bonds. The lowest BCUT2D eigenvalue weighted by Crippen LogP contribution is -2.31. The second kappa shape index (κ2) is 6.98. The number of rotatable bonds is 7. The van der Waals surface area contributed by atoms with Crippen molar-refractivity contribution in [1.82, 2.24) is 5.32 Å². The minimum atomic E-state index is 0.527. The van der Waals surface area contributed by atoms with Crippen LogP contribution in [0.2, 0.25) is 0 Å². The van der Waals surface area contributed by atoms with Gasteiger partial charge in [-0.15, -0.1) is 0 Å². The highest BCUT2D eigenvalue weighted by molar-refractivity contribution is 5.40. The normalized spacial score (nSPS) is 17.1. The number of methoxy groups -OCH3 is 2. The third-order valence-corrected chi connectivity index (χ3v) is 4.72. The third kappa shape index (κ3) is 3.45. The molecule has 0 radical (unpaired) electrons. The highest BCUT2D eigenvalue weighted by Crippen LogP contribution is 2.40. The lowest BCUT2D eigenvalue weighted by molar-refractivity contribution is 0.267. The monoisotopic (exact) mass is 277 g/mol. The van der Waals surface area contributed by atoms with Gasteiger partial charge in [0.05, 0.1) is 14.2 Å². The van der Waals surface area contributed by atoms with Crippen LogP contribution in [0.25, 0.3) is 0 Å². The molecule has 0 saturated heterocycles. The molecule has 1 aliphatic rings. The molecule has 0 aliphatic heterocycles. The fourth-order valence-corrected chi connectivity index (χ4v) is 3.24. The average Bonchev–Trinajstić information content (AvgIpc) is 2.97. The van der Waals surface area contributed by atoms with Crippen LogP contribution in [0.3, 0.4) is 0 Å². The van der Waals surface area contributed by atoms with Crippen LogP contribution in [0.5, 0.6) is 11.5 Å². The van der Waals surface area contributed by atoms with Crippen LogP contribution in [-0.2, 0) is 6.54 Å². The molecule has 1 aliphatic carbocycles. The molecule has 0 atom stereocenters. The van der Waals surface area contributed by atoms with Gasteiger partial charge in [-0.3, -0.25) is 0 Å². The Balaban J connectivity index is 1.93. The van der Waals surface area contributed by atoms with E-state index in [0.29, 0.717) is 5.41 Å². The van der Waals surface area contributed by atoms with Gasteiger partial charge in [-0.05, 0) is 30.7 Å². The molecule has 3 heteroatoms. The van der Waals surface area contributed by atoms with Crippen molar-refractivity contribution in [1.29, 1.82) is 0 Å². The molecule has 0 unspecified atom stereocenters. The highest BCUT2D eigenvalue weighted by atomic mass is 16.5. The molecule has 1 aromatic carbocycles.